The second kappa shape index (κ2) is 6.13. The Hall–Kier alpha value is -2.81. The summed E-state index contributed by atoms with van der Waals surface area (Å²) < 4.78 is 19.9. The molecule has 0 spiro atoms. The Labute approximate surface area is 134 Å². The van der Waals surface area contributed by atoms with Gasteiger partial charge in [0, 0.05) is 13.1 Å². The maximum Gasteiger partial charge on any atom is 0.293 e. The number of hydrogen-bond acceptors (Lipinski definition) is 6. The van der Waals surface area contributed by atoms with Crippen LogP contribution in [-0.2, 0) is 7.05 Å². The van der Waals surface area contributed by atoms with Crippen LogP contribution in [0.4, 0.5) is 4.39 Å². The molecule has 0 radical (unpaired) electrons. The number of hydrazone groups is 1. The largest absolute Gasteiger partial charge is 0.355 e. The van der Waals surface area contributed by atoms with Crippen LogP contribution >= 0.6 is 11.3 Å². The lowest BCUT2D eigenvalue weighted by molar-refractivity contribution is 0.0946. The van der Waals surface area contributed by atoms with Gasteiger partial charge in [-0.25, -0.2) is 10.1 Å². The Morgan fingerprint density at radius 1 is 1.57 bits per heavy atom. The van der Waals surface area contributed by atoms with E-state index in [2.05, 4.69) is 20.8 Å². The molecule has 1 amide bonds. The van der Waals surface area contributed by atoms with Crippen LogP contribution in [0.15, 0.2) is 33.2 Å². The molecule has 0 fully saturated rings. The number of aryl methyl sites for hydroxylation is 2. The monoisotopic (exact) mass is 333 g/mol. The van der Waals surface area contributed by atoms with Crippen molar-refractivity contribution in [3.8, 4) is 10.6 Å². The smallest absolute Gasteiger partial charge is 0.293 e. The molecule has 3 heterocycles. The first kappa shape index (κ1) is 15.1. The zero-order valence-corrected chi connectivity index (χ0v) is 13.1. The fraction of sp³-hybridized carbons (Fsp3) is 0.143. The summed E-state index contributed by atoms with van der Waals surface area (Å²) in [6, 6.07) is 5.25. The lowest BCUT2D eigenvalue weighted by Crippen LogP contribution is -2.18. The van der Waals surface area contributed by atoms with Crippen molar-refractivity contribution >= 4 is 23.5 Å². The number of aromatic nitrogens is 3. The van der Waals surface area contributed by atoms with Gasteiger partial charge in [0.15, 0.2) is 11.5 Å². The normalized spacial score (nSPS) is 11.3. The van der Waals surface area contributed by atoms with Gasteiger partial charge in [-0.2, -0.15) is 14.6 Å². The fourth-order valence-corrected chi connectivity index (χ4v) is 2.60. The highest BCUT2D eigenvalue weighted by Gasteiger charge is 2.14. The van der Waals surface area contributed by atoms with E-state index in [0.717, 1.165) is 9.56 Å². The van der Waals surface area contributed by atoms with Gasteiger partial charge >= 0.3 is 0 Å². The van der Waals surface area contributed by atoms with Gasteiger partial charge in [-0.05, 0) is 18.4 Å². The molecule has 0 aliphatic rings. The van der Waals surface area contributed by atoms with E-state index >= 15 is 0 Å². The molecule has 0 aromatic carbocycles. The van der Waals surface area contributed by atoms with Crippen molar-refractivity contribution in [3.05, 3.63) is 46.5 Å². The van der Waals surface area contributed by atoms with Crippen LogP contribution in [0.2, 0.25) is 0 Å². The predicted molar refractivity (Wildman–Crippen MR) is 82.8 cm³/mol. The molecule has 1 N–H and O–H groups in total. The number of nitrogens with one attached hydrogen (secondary N) is 1. The van der Waals surface area contributed by atoms with Gasteiger partial charge in [-0.3, -0.25) is 4.79 Å². The summed E-state index contributed by atoms with van der Waals surface area (Å²) in [5, 5.41) is 13.2. The molecule has 118 valence electrons. The maximum absolute atomic E-state index is 13.7. The van der Waals surface area contributed by atoms with Gasteiger partial charge < -0.3 is 4.52 Å². The second-order valence-corrected chi connectivity index (χ2v) is 5.61. The number of thiophene rings is 1. The van der Waals surface area contributed by atoms with E-state index in [0.29, 0.717) is 11.5 Å². The summed E-state index contributed by atoms with van der Waals surface area (Å²) in [6.45, 7) is 1.65. The van der Waals surface area contributed by atoms with E-state index < -0.39 is 11.9 Å². The van der Waals surface area contributed by atoms with E-state index in [1.54, 1.807) is 6.92 Å². The third-order valence-corrected chi connectivity index (χ3v) is 3.95. The minimum atomic E-state index is -0.547. The summed E-state index contributed by atoms with van der Waals surface area (Å²) in [5.74, 6) is -0.569. The highest BCUT2D eigenvalue weighted by atomic mass is 32.1. The van der Waals surface area contributed by atoms with Gasteiger partial charge in [-0.1, -0.05) is 11.2 Å². The van der Waals surface area contributed by atoms with Crippen molar-refractivity contribution in [2.24, 2.45) is 12.1 Å². The van der Waals surface area contributed by atoms with Gasteiger partial charge in [0.05, 0.1) is 22.3 Å². The van der Waals surface area contributed by atoms with E-state index in [1.165, 1.54) is 30.7 Å². The molecular weight excluding hydrogens is 321 g/mol. The average molecular weight is 333 g/mol. The van der Waals surface area contributed by atoms with E-state index in [-0.39, 0.29) is 11.3 Å². The summed E-state index contributed by atoms with van der Waals surface area (Å²) in [7, 11) is 1.49. The van der Waals surface area contributed by atoms with E-state index in [4.69, 9.17) is 4.52 Å². The molecule has 0 unspecified atom stereocenters. The third-order valence-electron chi connectivity index (χ3n) is 3.06. The molecule has 9 heteroatoms. The second-order valence-electron chi connectivity index (χ2n) is 4.67. The fourth-order valence-electron chi connectivity index (χ4n) is 1.92. The van der Waals surface area contributed by atoms with E-state index in [1.807, 2.05) is 17.5 Å². The molecule has 3 rings (SSSR count). The van der Waals surface area contributed by atoms with Crippen LogP contribution in [0.1, 0.15) is 21.7 Å². The first-order valence-corrected chi connectivity index (χ1v) is 7.47. The highest BCUT2D eigenvalue weighted by Crippen LogP contribution is 2.24. The molecule has 3 aromatic heterocycles. The maximum atomic E-state index is 13.7. The van der Waals surface area contributed by atoms with Crippen molar-refractivity contribution in [2.45, 2.75) is 6.92 Å². The van der Waals surface area contributed by atoms with Crippen LogP contribution in [0.5, 0.6) is 0 Å². The summed E-state index contributed by atoms with van der Waals surface area (Å²) >= 11 is 1.48. The topological polar surface area (TPSA) is 85.3 Å². The highest BCUT2D eigenvalue weighted by molar-refractivity contribution is 7.13. The minimum Gasteiger partial charge on any atom is -0.355 e. The predicted octanol–water partition coefficient (Wildman–Crippen LogP) is 2.35. The van der Waals surface area contributed by atoms with Crippen molar-refractivity contribution in [2.75, 3.05) is 0 Å². The van der Waals surface area contributed by atoms with E-state index in [9.17, 15) is 9.18 Å². The molecule has 3 aromatic rings. The summed E-state index contributed by atoms with van der Waals surface area (Å²) in [4.78, 5) is 12.8. The first-order chi connectivity index (χ1) is 11.1. The molecule has 0 saturated heterocycles. The van der Waals surface area contributed by atoms with Gasteiger partial charge in [0.25, 0.3) is 5.91 Å². The number of nitrogens with zero attached hydrogens (tertiary/aromatic N) is 4. The minimum absolute atomic E-state index is 0.0916. The van der Waals surface area contributed by atoms with Gasteiger partial charge in [0.1, 0.15) is 0 Å². The van der Waals surface area contributed by atoms with Crippen LogP contribution in [0, 0.1) is 12.9 Å². The third kappa shape index (κ3) is 3.04. The van der Waals surface area contributed by atoms with Crippen LogP contribution in [-0.4, -0.2) is 27.1 Å². The Kier molecular flexibility index (Phi) is 4.02. The number of hydrogen-bond donors (Lipinski definition) is 1. The summed E-state index contributed by atoms with van der Waals surface area (Å²) in [6.07, 6.45) is 1.20. The Morgan fingerprint density at radius 3 is 3.04 bits per heavy atom. The lowest BCUT2D eigenvalue weighted by atomic mass is 10.3. The van der Waals surface area contributed by atoms with Crippen LogP contribution in [0.3, 0.4) is 0 Å². The molecule has 0 bridgehead atoms. The zero-order chi connectivity index (χ0) is 16.4. The van der Waals surface area contributed by atoms with Gasteiger partial charge in [0.2, 0.25) is 5.95 Å². The number of amides is 1. The van der Waals surface area contributed by atoms with Crippen molar-refractivity contribution in [1.82, 2.24) is 20.4 Å². The number of carbonyl (C=O) groups excluding carboxylic acids is 1. The molecule has 23 heavy (non-hydrogen) atoms. The molecular formula is C14H12FN5O2S. The Balaban J connectivity index is 1.69. The first-order valence-electron chi connectivity index (χ1n) is 6.59. The number of carbonyl (C=O) groups is 1. The molecule has 7 nitrogen and oxygen atoms in total. The molecule has 0 aliphatic carbocycles. The summed E-state index contributed by atoms with van der Waals surface area (Å²) in [5.41, 5.74) is 3.06. The van der Waals surface area contributed by atoms with Crippen LogP contribution in [0.25, 0.3) is 10.6 Å². The SMILES string of the molecule is Cc1nn(C)c(F)c1/C=N\NC(=O)c1cc(-c2cccs2)on1. The lowest BCUT2D eigenvalue weighted by Gasteiger charge is -1.94. The Morgan fingerprint density at radius 2 is 2.39 bits per heavy atom. The zero-order valence-electron chi connectivity index (χ0n) is 12.3. The Bertz CT molecular complexity index is 866. The van der Waals surface area contributed by atoms with Crippen molar-refractivity contribution in [1.29, 1.82) is 0 Å². The quantitative estimate of drug-likeness (QED) is 0.586. The van der Waals surface area contributed by atoms with Crippen molar-refractivity contribution in [3.63, 3.8) is 0 Å². The van der Waals surface area contributed by atoms with Crippen molar-refractivity contribution < 1.29 is 13.7 Å². The molecule has 0 atom stereocenters. The molecule has 0 saturated carbocycles. The standard InChI is InChI=1S/C14H12FN5O2S/c1-8-9(13(15)20(2)18-8)7-16-17-14(21)10-6-11(22-19-10)12-4-3-5-23-12/h3-7H,1-2H3,(H,17,21)/b16-7-. The number of rotatable bonds is 4. The van der Waals surface area contributed by atoms with Gasteiger partial charge in [-0.15, -0.1) is 11.3 Å². The van der Waals surface area contributed by atoms with Crippen LogP contribution < -0.4 is 5.43 Å². The molecule has 0 aliphatic heterocycles. The average Bonchev–Trinajstić information content (AvgIpc) is 3.23. The number of halogens is 1.